The second kappa shape index (κ2) is 10.8. The number of likely N-dealkylation sites (N-methyl/N-ethyl adjacent to an activating group) is 1. The van der Waals surface area contributed by atoms with Crippen molar-refractivity contribution in [3.05, 3.63) is 88.0 Å². The maximum absolute atomic E-state index is 13.5. The number of nitrogens with zero attached hydrogens (tertiary/aromatic N) is 1. The molecule has 3 aromatic rings. The van der Waals surface area contributed by atoms with Crippen molar-refractivity contribution < 1.29 is 9.18 Å². The van der Waals surface area contributed by atoms with Crippen LogP contribution in [0.4, 0.5) is 10.1 Å². The first-order valence-electron chi connectivity index (χ1n) is 11.8. The van der Waals surface area contributed by atoms with E-state index in [1.165, 1.54) is 23.3 Å². The molecule has 1 heterocycles. The molecule has 2 aromatic carbocycles. The number of hydrogen-bond donors (Lipinski definition) is 3. The van der Waals surface area contributed by atoms with Crippen LogP contribution < -0.4 is 21.5 Å². The Balaban J connectivity index is 1.59. The van der Waals surface area contributed by atoms with Gasteiger partial charge in [0.15, 0.2) is 0 Å². The molecule has 0 fully saturated rings. The van der Waals surface area contributed by atoms with E-state index in [9.17, 15) is 14.0 Å². The van der Waals surface area contributed by atoms with E-state index in [1.54, 1.807) is 42.8 Å². The topological polar surface area (TPSA) is 75.2 Å². The number of hydrogen-bond acceptors (Lipinski definition) is 4. The largest absolute Gasteiger partial charge is 0.320 e. The van der Waals surface area contributed by atoms with Gasteiger partial charge in [0.25, 0.3) is 5.56 Å². The summed E-state index contributed by atoms with van der Waals surface area (Å²) in [6, 6.07) is 17.8. The van der Waals surface area contributed by atoms with Crippen molar-refractivity contribution in [1.29, 1.82) is 0 Å². The molecule has 1 aliphatic carbocycles. The molecular weight excluding hydrogens is 431 g/mol. The predicted molar refractivity (Wildman–Crippen MR) is 133 cm³/mol. The molecule has 4 rings (SSSR count). The average molecular weight is 463 g/mol. The van der Waals surface area contributed by atoms with Crippen LogP contribution in [0.15, 0.2) is 65.5 Å². The van der Waals surface area contributed by atoms with Crippen LogP contribution in [0.2, 0.25) is 0 Å². The first-order valence-corrected chi connectivity index (χ1v) is 11.8. The van der Waals surface area contributed by atoms with Crippen molar-refractivity contribution in [2.45, 2.75) is 44.8 Å². The molecule has 0 spiro atoms. The molecule has 178 valence electrons. The fourth-order valence-electron chi connectivity index (χ4n) is 4.46. The minimum Gasteiger partial charge on any atom is -0.320 e. The molecule has 34 heavy (non-hydrogen) atoms. The summed E-state index contributed by atoms with van der Waals surface area (Å²) < 4.78 is 15.1. The molecule has 0 saturated heterocycles. The molecule has 0 radical (unpaired) electrons. The normalized spacial score (nSPS) is 16.0. The first-order chi connectivity index (χ1) is 16.5. The monoisotopic (exact) mass is 462 g/mol. The Hall–Kier alpha value is -3.29. The van der Waals surface area contributed by atoms with Crippen LogP contribution in [0.25, 0.3) is 11.3 Å². The summed E-state index contributed by atoms with van der Waals surface area (Å²) >= 11 is 0. The Labute approximate surface area is 199 Å². The van der Waals surface area contributed by atoms with Gasteiger partial charge in [-0.05, 0) is 86.3 Å². The van der Waals surface area contributed by atoms with Gasteiger partial charge in [-0.1, -0.05) is 24.3 Å². The quantitative estimate of drug-likeness (QED) is 0.475. The highest BCUT2D eigenvalue weighted by molar-refractivity contribution is 5.94. The number of carbonyl (C=O) groups excluding carboxylic acids is 1. The number of carbonyl (C=O) groups is 1. The molecule has 2 atom stereocenters. The Kier molecular flexibility index (Phi) is 7.55. The number of aryl methyl sites for hydroxylation is 1. The molecule has 1 aromatic heterocycles. The van der Waals surface area contributed by atoms with Gasteiger partial charge in [0.2, 0.25) is 5.91 Å². The molecule has 0 saturated carbocycles. The van der Waals surface area contributed by atoms with Gasteiger partial charge in [0.1, 0.15) is 11.5 Å². The van der Waals surface area contributed by atoms with Gasteiger partial charge in [0.05, 0.1) is 11.7 Å². The van der Waals surface area contributed by atoms with Gasteiger partial charge in [-0.3, -0.25) is 9.59 Å². The third-order valence-electron chi connectivity index (χ3n) is 6.49. The van der Waals surface area contributed by atoms with Crippen LogP contribution in [0, 0.1) is 5.82 Å². The predicted octanol–water partition coefficient (Wildman–Crippen LogP) is 3.87. The second-order valence-corrected chi connectivity index (χ2v) is 8.69. The third kappa shape index (κ3) is 5.26. The van der Waals surface area contributed by atoms with E-state index in [1.807, 2.05) is 0 Å². The Morgan fingerprint density at radius 1 is 1.12 bits per heavy atom. The van der Waals surface area contributed by atoms with E-state index in [0.717, 1.165) is 24.8 Å². The molecule has 1 amide bonds. The van der Waals surface area contributed by atoms with Crippen molar-refractivity contribution in [2.75, 3.05) is 18.9 Å². The summed E-state index contributed by atoms with van der Waals surface area (Å²) in [4.78, 5) is 25.7. The van der Waals surface area contributed by atoms with Crippen molar-refractivity contribution in [1.82, 2.24) is 15.2 Å². The second-order valence-electron chi connectivity index (χ2n) is 8.69. The Morgan fingerprint density at radius 2 is 1.88 bits per heavy atom. The van der Waals surface area contributed by atoms with Gasteiger partial charge in [-0.25, -0.2) is 4.39 Å². The van der Waals surface area contributed by atoms with E-state index in [2.05, 4.69) is 40.2 Å². The Morgan fingerprint density at radius 3 is 2.65 bits per heavy atom. The zero-order valence-electron chi connectivity index (χ0n) is 19.6. The van der Waals surface area contributed by atoms with Crippen molar-refractivity contribution in [3.63, 3.8) is 0 Å². The van der Waals surface area contributed by atoms with Gasteiger partial charge in [0, 0.05) is 19.1 Å². The lowest BCUT2D eigenvalue weighted by Gasteiger charge is -2.27. The van der Waals surface area contributed by atoms with E-state index >= 15 is 0 Å². The summed E-state index contributed by atoms with van der Waals surface area (Å²) in [7, 11) is 1.69. The number of aromatic nitrogens is 1. The zero-order chi connectivity index (χ0) is 24.1. The van der Waals surface area contributed by atoms with Gasteiger partial charge >= 0.3 is 0 Å². The minimum atomic E-state index is -0.433. The molecule has 1 aliphatic rings. The van der Waals surface area contributed by atoms with Crippen LogP contribution in [0.5, 0.6) is 0 Å². The maximum Gasteiger partial charge on any atom is 0.274 e. The lowest BCUT2D eigenvalue weighted by atomic mass is 9.88. The summed E-state index contributed by atoms with van der Waals surface area (Å²) in [6.07, 6.45) is 3.27. The fourth-order valence-corrected chi connectivity index (χ4v) is 4.46. The zero-order valence-corrected chi connectivity index (χ0v) is 19.6. The number of nitrogens with one attached hydrogen (secondary N) is 3. The number of fused-ring (bicyclic) bond motifs is 1. The summed E-state index contributed by atoms with van der Waals surface area (Å²) in [5.74, 6) is -0.613. The molecular formula is C27H31FN4O2. The molecule has 6 nitrogen and oxygen atoms in total. The highest BCUT2D eigenvalue weighted by Gasteiger charge is 2.20. The third-order valence-corrected chi connectivity index (χ3v) is 6.49. The smallest absolute Gasteiger partial charge is 0.274 e. The molecule has 0 aliphatic heterocycles. The van der Waals surface area contributed by atoms with Crippen LogP contribution in [0.1, 0.15) is 36.9 Å². The Bertz CT molecular complexity index is 1210. The number of anilines is 1. The molecule has 2 unspecified atom stereocenters. The average Bonchev–Trinajstić information content (AvgIpc) is 2.86. The number of pyridine rings is 1. The van der Waals surface area contributed by atoms with E-state index in [0.29, 0.717) is 18.8 Å². The number of rotatable bonds is 8. The number of amides is 1. The van der Waals surface area contributed by atoms with Crippen LogP contribution in [0.3, 0.4) is 0 Å². The molecule has 7 heteroatoms. The lowest BCUT2D eigenvalue weighted by Crippen LogP contribution is -2.38. The highest BCUT2D eigenvalue weighted by atomic mass is 19.1. The maximum atomic E-state index is 13.5. The molecule has 0 bridgehead atoms. The standard InChI is InChI=1S/C27H31FN4O2/c1-18(29-2)26(33)31-24-14-15-25(20-10-12-21(28)13-11-20)32(27(24)34)17-16-30-23-9-5-7-19-6-3-4-8-22(19)23/h3-4,6,8,10-15,18,23,29-30H,5,7,9,16-17H2,1-2H3,(H,31,33). The van der Waals surface area contributed by atoms with E-state index in [-0.39, 0.29) is 29.0 Å². The van der Waals surface area contributed by atoms with Crippen molar-refractivity contribution >= 4 is 11.6 Å². The van der Waals surface area contributed by atoms with E-state index in [4.69, 9.17) is 0 Å². The summed E-state index contributed by atoms with van der Waals surface area (Å²) in [5.41, 5.74) is 4.05. The fraction of sp³-hybridized carbons (Fsp3) is 0.333. The summed E-state index contributed by atoms with van der Waals surface area (Å²) in [6.45, 7) is 2.72. The van der Waals surface area contributed by atoms with E-state index < -0.39 is 6.04 Å². The van der Waals surface area contributed by atoms with Crippen LogP contribution >= 0.6 is 0 Å². The van der Waals surface area contributed by atoms with Gasteiger partial charge in [-0.15, -0.1) is 0 Å². The SMILES string of the molecule is CNC(C)C(=O)Nc1ccc(-c2ccc(F)cc2)n(CCNC2CCCc3ccccc32)c1=O. The first kappa shape index (κ1) is 23.9. The molecule has 3 N–H and O–H groups in total. The van der Waals surface area contributed by atoms with Crippen molar-refractivity contribution in [2.24, 2.45) is 0 Å². The lowest BCUT2D eigenvalue weighted by molar-refractivity contribution is -0.117. The van der Waals surface area contributed by atoms with Crippen LogP contribution in [-0.2, 0) is 17.8 Å². The number of halogens is 1. The number of benzene rings is 2. The van der Waals surface area contributed by atoms with Crippen LogP contribution in [-0.4, -0.2) is 30.1 Å². The minimum absolute atomic E-state index is 0.223. The highest BCUT2D eigenvalue weighted by Crippen LogP contribution is 2.29. The van der Waals surface area contributed by atoms with Gasteiger partial charge in [-0.2, -0.15) is 0 Å². The van der Waals surface area contributed by atoms with Gasteiger partial charge < -0.3 is 20.5 Å². The summed E-state index contributed by atoms with van der Waals surface area (Å²) in [5, 5.41) is 9.21. The van der Waals surface area contributed by atoms with Crippen molar-refractivity contribution in [3.8, 4) is 11.3 Å².